The predicted octanol–water partition coefficient (Wildman–Crippen LogP) is 2.85. The van der Waals surface area contributed by atoms with Crippen LogP contribution in [-0.2, 0) is 6.42 Å². The smallest absolute Gasteiger partial charge is 0.317 e. The molecule has 0 aromatic heterocycles. The Labute approximate surface area is 137 Å². The van der Waals surface area contributed by atoms with Crippen molar-refractivity contribution in [3.8, 4) is 5.75 Å². The highest BCUT2D eigenvalue weighted by Gasteiger charge is 2.35. The van der Waals surface area contributed by atoms with Crippen molar-refractivity contribution in [1.82, 2.24) is 10.2 Å². The molecule has 0 spiro atoms. The molecule has 0 saturated carbocycles. The maximum atomic E-state index is 12.4. The van der Waals surface area contributed by atoms with Crippen LogP contribution in [0.2, 0.25) is 0 Å². The molecule has 23 heavy (non-hydrogen) atoms. The molecular weight excluding hydrogens is 288 g/mol. The van der Waals surface area contributed by atoms with Crippen LogP contribution in [0.5, 0.6) is 5.75 Å². The highest BCUT2D eigenvalue weighted by molar-refractivity contribution is 5.74. The van der Waals surface area contributed by atoms with Crippen LogP contribution < -0.4 is 10.1 Å². The molecule has 1 saturated heterocycles. The quantitative estimate of drug-likeness (QED) is 0.853. The number of nitrogens with one attached hydrogen (secondary N) is 1. The van der Waals surface area contributed by atoms with Crippen LogP contribution in [0, 0.1) is 17.8 Å². The number of fused-ring (bicyclic) bond motifs is 2. The molecule has 2 aliphatic heterocycles. The number of hydrogen-bond acceptors (Lipinski definition) is 2. The summed E-state index contributed by atoms with van der Waals surface area (Å²) in [6.45, 7) is 3.19. The molecule has 3 aliphatic rings. The third-order valence-corrected chi connectivity index (χ3v) is 5.41. The molecule has 1 aromatic rings. The van der Waals surface area contributed by atoms with Gasteiger partial charge in [-0.25, -0.2) is 4.79 Å². The lowest BCUT2D eigenvalue weighted by molar-refractivity contribution is 0.192. The van der Waals surface area contributed by atoms with Gasteiger partial charge < -0.3 is 15.0 Å². The van der Waals surface area contributed by atoms with Crippen LogP contribution in [0.3, 0.4) is 0 Å². The first-order chi connectivity index (χ1) is 11.3. The molecule has 4 heteroatoms. The molecule has 1 aliphatic carbocycles. The number of para-hydroxylation sites is 1. The average molecular weight is 312 g/mol. The standard InChI is InChI=1S/C19H24N2O2/c22-19(21-11-16-6-1-2-7-17(16)12-21)20-10-14-9-15-5-3-4-8-18(15)23-13-14/h1-5,8,14,16-17H,6-7,9-13H2,(H,20,22)/t14-,16+,17+/m1/s1. The van der Waals surface area contributed by atoms with Crippen LogP contribution in [0.15, 0.2) is 36.4 Å². The summed E-state index contributed by atoms with van der Waals surface area (Å²) in [6, 6.07) is 8.27. The number of nitrogens with zero attached hydrogens (tertiary/aromatic N) is 1. The zero-order chi connectivity index (χ0) is 15.6. The van der Waals surface area contributed by atoms with Gasteiger partial charge in [-0.1, -0.05) is 30.4 Å². The van der Waals surface area contributed by atoms with Gasteiger partial charge in [0.25, 0.3) is 0 Å². The molecule has 0 bridgehead atoms. The van der Waals surface area contributed by atoms with Crippen LogP contribution in [-0.4, -0.2) is 37.2 Å². The van der Waals surface area contributed by atoms with Gasteiger partial charge in [0.05, 0.1) is 6.61 Å². The highest BCUT2D eigenvalue weighted by Crippen LogP contribution is 2.32. The Balaban J connectivity index is 1.28. The van der Waals surface area contributed by atoms with Crippen LogP contribution in [0.4, 0.5) is 4.79 Å². The zero-order valence-corrected chi connectivity index (χ0v) is 13.4. The van der Waals surface area contributed by atoms with Crippen molar-refractivity contribution < 1.29 is 9.53 Å². The highest BCUT2D eigenvalue weighted by atomic mass is 16.5. The molecule has 4 nitrogen and oxygen atoms in total. The van der Waals surface area contributed by atoms with E-state index in [2.05, 4.69) is 23.5 Å². The van der Waals surface area contributed by atoms with E-state index in [-0.39, 0.29) is 6.03 Å². The second kappa shape index (κ2) is 6.26. The molecule has 0 radical (unpaired) electrons. The Hall–Kier alpha value is -1.97. The number of allylic oxidation sites excluding steroid dienone is 2. The molecule has 1 N–H and O–H groups in total. The predicted molar refractivity (Wildman–Crippen MR) is 89.5 cm³/mol. The summed E-state index contributed by atoms with van der Waals surface area (Å²) in [5, 5.41) is 3.12. The number of likely N-dealkylation sites (tertiary alicyclic amines) is 1. The van der Waals surface area contributed by atoms with Gasteiger partial charge in [0.1, 0.15) is 5.75 Å². The van der Waals surface area contributed by atoms with Crippen molar-refractivity contribution >= 4 is 6.03 Å². The number of benzene rings is 1. The molecule has 0 unspecified atom stereocenters. The monoisotopic (exact) mass is 312 g/mol. The number of hydrogen-bond donors (Lipinski definition) is 1. The molecule has 4 rings (SSSR count). The zero-order valence-electron chi connectivity index (χ0n) is 13.4. The summed E-state index contributed by atoms with van der Waals surface area (Å²) in [5.74, 6) is 2.68. The van der Waals surface area contributed by atoms with Crippen LogP contribution >= 0.6 is 0 Å². The molecule has 1 aromatic carbocycles. The summed E-state index contributed by atoms with van der Waals surface area (Å²) in [6.07, 6.45) is 7.76. The number of urea groups is 1. The number of ether oxygens (including phenoxy) is 1. The van der Waals surface area contributed by atoms with E-state index in [1.165, 1.54) is 5.56 Å². The first-order valence-corrected chi connectivity index (χ1v) is 8.68. The number of carbonyl (C=O) groups excluding carboxylic acids is 1. The summed E-state index contributed by atoms with van der Waals surface area (Å²) in [5.41, 5.74) is 1.25. The fourth-order valence-electron chi connectivity index (χ4n) is 4.05. The van der Waals surface area contributed by atoms with Crippen molar-refractivity contribution in [2.24, 2.45) is 17.8 Å². The topological polar surface area (TPSA) is 41.6 Å². The van der Waals surface area contributed by atoms with Crippen molar-refractivity contribution in [2.45, 2.75) is 19.3 Å². The first kappa shape index (κ1) is 14.6. The third kappa shape index (κ3) is 3.07. The molecular formula is C19H24N2O2. The van der Waals surface area contributed by atoms with E-state index in [1.807, 2.05) is 23.1 Å². The Kier molecular flexibility index (Phi) is 3.98. The second-order valence-electron chi connectivity index (χ2n) is 7.04. The fraction of sp³-hybridized carbons (Fsp3) is 0.526. The first-order valence-electron chi connectivity index (χ1n) is 8.68. The van der Waals surface area contributed by atoms with Gasteiger partial charge in [0.15, 0.2) is 0 Å². The normalized spacial score (nSPS) is 28.7. The largest absolute Gasteiger partial charge is 0.493 e. The summed E-state index contributed by atoms with van der Waals surface area (Å²) in [4.78, 5) is 14.4. The maximum absolute atomic E-state index is 12.4. The van der Waals surface area contributed by atoms with Crippen LogP contribution in [0.1, 0.15) is 18.4 Å². The van der Waals surface area contributed by atoms with E-state index in [0.717, 1.165) is 38.1 Å². The fourth-order valence-corrected chi connectivity index (χ4v) is 4.05. The van der Waals surface area contributed by atoms with Gasteiger partial charge in [-0.3, -0.25) is 0 Å². The summed E-state index contributed by atoms with van der Waals surface area (Å²) < 4.78 is 5.80. The maximum Gasteiger partial charge on any atom is 0.317 e. The molecule has 1 fully saturated rings. The van der Waals surface area contributed by atoms with Gasteiger partial charge in [0, 0.05) is 25.6 Å². The number of rotatable bonds is 2. The van der Waals surface area contributed by atoms with Crippen molar-refractivity contribution in [1.29, 1.82) is 0 Å². The second-order valence-corrected chi connectivity index (χ2v) is 7.04. The van der Waals surface area contributed by atoms with E-state index in [9.17, 15) is 4.79 Å². The minimum Gasteiger partial charge on any atom is -0.493 e. The van der Waals surface area contributed by atoms with Gasteiger partial charge in [-0.15, -0.1) is 0 Å². The third-order valence-electron chi connectivity index (χ3n) is 5.41. The summed E-state index contributed by atoms with van der Waals surface area (Å²) in [7, 11) is 0. The number of carbonyl (C=O) groups is 1. The molecule has 2 amide bonds. The van der Waals surface area contributed by atoms with E-state index in [4.69, 9.17) is 4.74 Å². The van der Waals surface area contributed by atoms with Crippen molar-refractivity contribution in [3.05, 3.63) is 42.0 Å². The lowest BCUT2D eigenvalue weighted by atomic mass is 9.86. The minimum atomic E-state index is 0.0956. The average Bonchev–Trinajstić information content (AvgIpc) is 3.04. The van der Waals surface area contributed by atoms with Crippen molar-refractivity contribution in [3.63, 3.8) is 0 Å². The Bertz CT molecular complexity index is 597. The lowest BCUT2D eigenvalue weighted by Crippen LogP contribution is -2.42. The van der Waals surface area contributed by atoms with Crippen LogP contribution in [0.25, 0.3) is 0 Å². The molecule has 3 atom stereocenters. The van der Waals surface area contributed by atoms with E-state index in [0.29, 0.717) is 30.9 Å². The minimum absolute atomic E-state index is 0.0956. The van der Waals surface area contributed by atoms with E-state index < -0.39 is 0 Å². The SMILES string of the molecule is O=C(NC[C@@H]1COc2ccccc2C1)N1C[C@@H]2CC=CC[C@H]2C1. The Morgan fingerprint density at radius 2 is 1.91 bits per heavy atom. The van der Waals surface area contributed by atoms with Gasteiger partial charge in [-0.2, -0.15) is 0 Å². The lowest BCUT2D eigenvalue weighted by Gasteiger charge is -2.26. The molecule has 2 heterocycles. The van der Waals surface area contributed by atoms with Crippen molar-refractivity contribution in [2.75, 3.05) is 26.2 Å². The Morgan fingerprint density at radius 1 is 1.17 bits per heavy atom. The van der Waals surface area contributed by atoms with E-state index in [1.54, 1.807) is 0 Å². The number of amides is 2. The van der Waals surface area contributed by atoms with Gasteiger partial charge in [-0.05, 0) is 42.7 Å². The van der Waals surface area contributed by atoms with Gasteiger partial charge in [0.2, 0.25) is 0 Å². The van der Waals surface area contributed by atoms with E-state index >= 15 is 0 Å². The molecule has 122 valence electrons. The summed E-state index contributed by atoms with van der Waals surface area (Å²) >= 11 is 0. The Morgan fingerprint density at radius 3 is 2.70 bits per heavy atom. The van der Waals surface area contributed by atoms with Gasteiger partial charge >= 0.3 is 6.03 Å².